The van der Waals surface area contributed by atoms with Gasteiger partial charge in [0, 0.05) is 18.4 Å². The number of hydrogen-bond acceptors (Lipinski definition) is 4. The van der Waals surface area contributed by atoms with Crippen LogP contribution in [0.1, 0.15) is 5.56 Å². The zero-order valence-electron chi connectivity index (χ0n) is 8.51. The quantitative estimate of drug-likeness (QED) is 0.613. The van der Waals surface area contributed by atoms with Crippen molar-refractivity contribution < 1.29 is 13.3 Å². The second-order valence-corrected chi connectivity index (χ2v) is 6.08. The second-order valence-electron chi connectivity index (χ2n) is 3.41. The Bertz CT molecular complexity index is 512. The van der Waals surface area contributed by atoms with Gasteiger partial charge >= 0.3 is 0 Å². The van der Waals surface area contributed by atoms with Crippen molar-refractivity contribution in [1.82, 2.24) is 0 Å². The molecule has 0 aliphatic heterocycles. The van der Waals surface area contributed by atoms with E-state index in [1.54, 1.807) is 0 Å². The first-order valence-electron chi connectivity index (χ1n) is 4.40. The van der Waals surface area contributed by atoms with E-state index in [-0.39, 0.29) is 22.9 Å². The Hall–Kier alpha value is -1.14. The molecule has 0 aromatic heterocycles. The molecule has 0 aliphatic rings. The van der Waals surface area contributed by atoms with Gasteiger partial charge in [0.1, 0.15) is 9.84 Å². The summed E-state index contributed by atoms with van der Waals surface area (Å²) in [5, 5.41) is 10.7. The highest BCUT2D eigenvalue weighted by atomic mass is 35.5. The van der Waals surface area contributed by atoms with Crippen molar-refractivity contribution in [3.63, 3.8) is 0 Å². The van der Waals surface area contributed by atoms with Crippen LogP contribution in [0.3, 0.4) is 0 Å². The topological polar surface area (TPSA) is 77.3 Å². The zero-order valence-corrected chi connectivity index (χ0v) is 10.1. The molecule has 0 amide bonds. The number of nitrogens with zero attached hydrogens (tertiary/aromatic N) is 1. The van der Waals surface area contributed by atoms with Crippen molar-refractivity contribution in [1.29, 1.82) is 0 Å². The van der Waals surface area contributed by atoms with Crippen molar-refractivity contribution in [3.8, 4) is 0 Å². The van der Waals surface area contributed by atoms with Crippen molar-refractivity contribution >= 4 is 27.1 Å². The summed E-state index contributed by atoms with van der Waals surface area (Å²) in [4.78, 5) is 9.88. The molecule has 0 atom stereocenters. The molecule has 0 bridgehead atoms. The van der Waals surface area contributed by atoms with Crippen molar-refractivity contribution in [2.45, 2.75) is 6.42 Å². The standard InChI is InChI=1S/C9H10ClNO4S/c1-16(14,15)5-4-7-2-3-8(11(12)13)6-9(7)10/h2-3,6H,4-5H2,1H3. The third kappa shape index (κ3) is 3.79. The fourth-order valence-electron chi connectivity index (χ4n) is 1.15. The summed E-state index contributed by atoms with van der Waals surface area (Å²) < 4.78 is 21.9. The number of hydrogen-bond donors (Lipinski definition) is 0. The summed E-state index contributed by atoms with van der Waals surface area (Å²) in [6.45, 7) is 0. The Balaban J connectivity index is 2.88. The van der Waals surface area contributed by atoms with E-state index >= 15 is 0 Å². The summed E-state index contributed by atoms with van der Waals surface area (Å²) in [6, 6.07) is 4.01. The molecule has 88 valence electrons. The van der Waals surface area contributed by atoms with Gasteiger partial charge in [0.25, 0.3) is 5.69 Å². The molecule has 0 spiro atoms. The van der Waals surface area contributed by atoms with Gasteiger partial charge < -0.3 is 0 Å². The normalized spacial score (nSPS) is 11.4. The second kappa shape index (κ2) is 4.80. The van der Waals surface area contributed by atoms with Crippen LogP contribution in [0, 0.1) is 10.1 Å². The van der Waals surface area contributed by atoms with Crippen LogP contribution in [0.25, 0.3) is 0 Å². The lowest BCUT2D eigenvalue weighted by Gasteiger charge is -2.02. The third-order valence-corrected chi connectivity index (χ3v) is 3.29. The lowest BCUT2D eigenvalue weighted by molar-refractivity contribution is -0.384. The van der Waals surface area contributed by atoms with Crippen LogP contribution in [0.2, 0.25) is 5.02 Å². The summed E-state index contributed by atoms with van der Waals surface area (Å²) in [6.07, 6.45) is 1.39. The summed E-state index contributed by atoms with van der Waals surface area (Å²) in [7, 11) is -3.06. The number of aryl methyl sites for hydroxylation is 1. The van der Waals surface area contributed by atoms with Gasteiger partial charge in [0.2, 0.25) is 0 Å². The smallest absolute Gasteiger partial charge is 0.258 e. The SMILES string of the molecule is CS(=O)(=O)CCc1ccc([N+](=O)[O-])cc1Cl. The predicted octanol–water partition coefficient (Wildman–Crippen LogP) is 1.84. The molecule has 16 heavy (non-hydrogen) atoms. The Morgan fingerprint density at radius 2 is 2.06 bits per heavy atom. The minimum absolute atomic E-state index is 0.0233. The van der Waals surface area contributed by atoms with E-state index in [2.05, 4.69) is 0 Å². The summed E-state index contributed by atoms with van der Waals surface area (Å²) in [5.74, 6) is -0.0233. The van der Waals surface area contributed by atoms with Gasteiger partial charge in [0.15, 0.2) is 0 Å². The highest BCUT2D eigenvalue weighted by Gasteiger charge is 2.11. The minimum atomic E-state index is -3.06. The van der Waals surface area contributed by atoms with E-state index in [0.717, 1.165) is 6.26 Å². The van der Waals surface area contributed by atoms with Gasteiger partial charge in [-0.05, 0) is 12.0 Å². The first kappa shape index (κ1) is 12.9. The molecule has 0 N–H and O–H groups in total. The Morgan fingerprint density at radius 1 is 1.44 bits per heavy atom. The fourth-order valence-corrected chi connectivity index (χ4v) is 2.01. The molecule has 0 saturated heterocycles. The van der Waals surface area contributed by atoms with Crippen LogP contribution < -0.4 is 0 Å². The van der Waals surface area contributed by atoms with E-state index in [1.165, 1.54) is 18.2 Å². The van der Waals surface area contributed by atoms with Crippen LogP contribution in [0.4, 0.5) is 5.69 Å². The minimum Gasteiger partial charge on any atom is -0.258 e. The van der Waals surface area contributed by atoms with E-state index in [0.29, 0.717) is 5.56 Å². The number of sulfone groups is 1. The van der Waals surface area contributed by atoms with Gasteiger partial charge in [-0.15, -0.1) is 0 Å². The third-order valence-electron chi connectivity index (χ3n) is 1.99. The molecule has 0 fully saturated rings. The molecular formula is C9H10ClNO4S. The maximum Gasteiger partial charge on any atom is 0.270 e. The highest BCUT2D eigenvalue weighted by Crippen LogP contribution is 2.22. The highest BCUT2D eigenvalue weighted by molar-refractivity contribution is 7.90. The fraction of sp³-hybridized carbons (Fsp3) is 0.333. The zero-order chi connectivity index (χ0) is 12.3. The van der Waals surface area contributed by atoms with Gasteiger partial charge in [0.05, 0.1) is 15.7 Å². The Morgan fingerprint density at radius 3 is 2.50 bits per heavy atom. The number of rotatable bonds is 4. The average Bonchev–Trinajstić information content (AvgIpc) is 2.14. The molecular weight excluding hydrogens is 254 g/mol. The number of nitro benzene ring substituents is 1. The predicted molar refractivity (Wildman–Crippen MR) is 61.5 cm³/mol. The number of halogens is 1. The van der Waals surface area contributed by atoms with Crippen LogP contribution >= 0.6 is 11.6 Å². The summed E-state index contributed by atoms with van der Waals surface area (Å²) in [5.41, 5.74) is 0.491. The van der Waals surface area contributed by atoms with Crippen molar-refractivity contribution in [2.24, 2.45) is 0 Å². The van der Waals surface area contributed by atoms with Crippen LogP contribution in [0.5, 0.6) is 0 Å². The molecule has 0 heterocycles. The average molecular weight is 264 g/mol. The molecule has 0 unspecified atom stereocenters. The molecule has 0 radical (unpaired) electrons. The van der Waals surface area contributed by atoms with Gasteiger partial charge in [-0.1, -0.05) is 17.7 Å². The van der Waals surface area contributed by atoms with Crippen LogP contribution in [0.15, 0.2) is 18.2 Å². The number of non-ortho nitro benzene ring substituents is 1. The van der Waals surface area contributed by atoms with Gasteiger partial charge in [-0.25, -0.2) is 8.42 Å². The first-order chi connectivity index (χ1) is 7.29. The van der Waals surface area contributed by atoms with Gasteiger partial charge in [-0.3, -0.25) is 10.1 Å². The Labute approximate surface area is 98.1 Å². The van der Waals surface area contributed by atoms with E-state index in [1.807, 2.05) is 0 Å². The summed E-state index contributed by atoms with van der Waals surface area (Å²) >= 11 is 5.80. The van der Waals surface area contributed by atoms with E-state index in [4.69, 9.17) is 11.6 Å². The lowest BCUT2D eigenvalue weighted by Crippen LogP contribution is -2.06. The van der Waals surface area contributed by atoms with Crippen molar-refractivity contribution in [2.75, 3.05) is 12.0 Å². The largest absolute Gasteiger partial charge is 0.270 e. The number of nitro groups is 1. The molecule has 1 aromatic carbocycles. The Kier molecular flexibility index (Phi) is 3.88. The van der Waals surface area contributed by atoms with Gasteiger partial charge in [-0.2, -0.15) is 0 Å². The van der Waals surface area contributed by atoms with Crippen molar-refractivity contribution in [3.05, 3.63) is 38.9 Å². The monoisotopic (exact) mass is 263 g/mol. The molecule has 1 aromatic rings. The van der Waals surface area contributed by atoms with E-state index < -0.39 is 14.8 Å². The molecule has 7 heteroatoms. The molecule has 1 rings (SSSR count). The maximum absolute atomic E-state index is 10.9. The van der Waals surface area contributed by atoms with Crippen LogP contribution in [-0.2, 0) is 16.3 Å². The number of benzene rings is 1. The van der Waals surface area contributed by atoms with Crippen LogP contribution in [-0.4, -0.2) is 25.3 Å². The maximum atomic E-state index is 10.9. The molecule has 0 aliphatic carbocycles. The molecule has 0 saturated carbocycles. The lowest BCUT2D eigenvalue weighted by atomic mass is 10.1. The first-order valence-corrected chi connectivity index (χ1v) is 6.84. The molecule has 5 nitrogen and oxygen atoms in total. The van der Waals surface area contributed by atoms with E-state index in [9.17, 15) is 18.5 Å².